The molecule has 0 atom stereocenters. The third-order valence-electron chi connectivity index (χ3n) is 14.9. The molecule has 0 fully saturated rings. The highest BCUT2D eigenvalue weighted by Gasteiger charge is 2.05. The molecule has 0 radical (unpaired) electrons. The van der Waals surface area contributed by atoms with E-state index in [-0.39, 0.29) is 0 Å². The van der Waals surface area contributed by atoms with Crippen molar-refractivity contribution in [3.8, 4) is 0 Å². The van der Waals surface area contributed by atoms with Crippen LogP contribution in [0.1, 0.15) is 386 Å². The lowest BCUT2D eigenvalue weighted by atomic mass is 10.0. The van der Waals surface area contributed by atoms with Gasteiger partial charge < -0.3 is 0 Å². The molecule has 3 heteroatoms. The first-order chi connectivity index (χ1) is 32.6. The average Bonchev–Trinajstić information content (AvgIpc) is 3.31. The number of rotatable bonds is 60. The first-order valence-corrected chi connectivity index (χ1v) is 31.1. The summed E-state index contributed by atoms with van der Waals surface area (Å²) in [5, 5.41) is 0. The summed E-state index contributed by atoms with van der Waals surface area (Å²) >= 11 is 0. The Morgan fingerprint density at radius 1 is 0.152 bits per heavy atom. The van der Waals surface area contributed by atoms with E-state index in [1.807, 2.05) is 0 Å². The maximum absolute atomic E-state index is 12.3. The zero-order valence-corrected chi connectivity index (χ0v) is 45.7. The molecule has 0 heterocycles. The highest BCUT2D eigenvalue weighted by molar-refractivity contribution is 5.78. The van der Waals surface area contributed by atoms with Crippen molar-refractivity contribution in [2.75, 3.05) is 0 Å². The van der Waals surface area contributed by atoms with Crippen LogP contribution < -0.4 is 0 Å². The summed E-state index contributed by atoms with van der Waals surface area (Å²) in [6, 6.07) is 0. The molecule has 0 unspecified atom stereocenters. The Balaban J connectivity index is 3.24. The first kappa shape index (κ1) is 65.0. The van der Waals surface area contributed by atoms with Crippen LogP contribution >= 0.6 is 0 Å². The summed E-state index contributed by atoms with van der Waals surface area (Å²) in [6.07, 6.45) is 74.0. The fourth-order valence-electron chi connectivity index (χ4n) is 10.2. The summed E-state index contributed by atoms with van der Waals surface area (Å²) in [6.45, 7) is 4.58. The number of carbonyl (C=O) groups is 3. The van der Waals surface area contributed by atoms with E-state index in [1.54, 1.807) is 0 Å². The Labute approximate surface area is 416 Å². The Bertz CT molecular complexity index is 881. The Kier molecular flexibility index (Phi) is 57.4. The van der Waals surface area contributed by atoms with Gasteiger partial charge in [-0.05, 0) is 38.5 Å². The van der Waals surface area contributed by atoms with Crippen LogP contribution in [0.25, 0.3) is 0 Å². The van der Waals surface area contributed by atoms with Crippen LogP contribution in [-0.2, 0) is 14.4 Å². The molecule has 0 amide bonds. The van der Waals surface area contributed by atoms with Gasteiger partial charge in [0, 0.05) is 38.5 Å². The van der Waals surface area contributed by atoms with Crippen LogP contribution in [0.3, 0.4) is 0 Å². The van der Waals surface area contributed by atoms with Gasteiger partial charge in [-0.15, -0.1) is 0 Å². The fraction of sp³-hybridized carbons (Fsp3) is 0.952. The number of hydrogen-bond donors (Lipinski definition) is 0. The van der Waals surface area contributed by atoms with Gasteiger partial charge in [0.15, 0.2) is 0 Å². The van der Waals surface area contributed by atoms with Crippen LogP contribution in [0.5, 0.6) is 0 Å². The largest absolute Gasteiger partial charge is 0.300 e. The van der Waals surface area contributed by atoms with E-state index in [0.717, 1.165) is 77.0 Å². The smallest absolute Gasteiger partial charge is 0.132 e. The van der Waals surface area contributed by atoms with Crippen LogP contribution in [0.2, 0.25) is 0 Å². The second-order valence-corrected chi connectivity index (χ2v) is 21.8. The molecule has 0 aliphatic carbocycles. The van der Waals surface area contributed by atoms with E-state index < -0.39 is 0 Å². The Hall–Kier alpha value is -0.990. The summed E-state index contributed by atoms with van der Waals surface area (Å²) in [5.41, 5.74) is 0. The molecule has 392 valence electrons. The van der Waals surface area contributed by atoms with Gasteiger partial charge in [-0.3, -0.25) is 14.4 Å². The summed E-state index contributed by atoms with van der Waals surface area (Å²) in [4.78, 5) is 36.8. The van der Waals surface area contributed by atoms with Crippen molar-refractivity contribution >= 4 is 17.3 Å². The van der Waals surface area contributed by atoms with Gasteiger partial charge in [-0.25, -0.2) is 0 Å². The fourth-order valence-corrected chi connectivity index (χ4v) is 10.2. The van der Waals surface area contributed by atoms with Crippen LogP contribution in [0.4, 0.5) is 0 Å². The minimum absolute atomic E-state index is 0.503. The molecule has 0 aromatic carbocycles. The topological polar surface area (TPSA) is 51.2 Å². The van der Waals surface area contributed by atoms with E-state index in [0.29, 0.717) is 17.3 Å². The quantitative estimate of drug-likeness (QED) is 0.0571. The molecule has 0 saturated carbocycles. The third kappa shape index (κ3) is 57.3. The summed E-state index contributed by atoms with van der Waals surface area (Å²) < 4.78 is 0. The molecule has 3 nitrogen and oxygen atoms in total. The van der Waals surface area contributed by atoms with Gasteiger partial charge in [0.1, 0.15) is 17.3 Å². The van der Waals surface area contributed by atoms with Gasteiger partial charge in [0.2, 0.25) is 0 Å². The van der Waals surface area contributed by atoms with Gasteiger partial charge in [0.05, 0.1) is 0 Å². The van der Waals surface area contributed by atoms with Crippen LogP contribution in [-0.4, -0.2) is 17.3 Å². The van der Waals surface area contributed by atoms with Crippen molar-refractivity contribution in [1.29, 1.82) is 0 Å². The first-order valence-electron chi connectivity index (χ1n) is 31.1. The minimum Gasteiger partial charge on any atom is -0.300 e. The highest BCUT2D eigenvalue weighted by atomic mass is 16.1. The van der Waals surface area contributed by atoms with E-state index in [2.05, 4.69) is 13.8 Å². The van der Waals surface area contributed by atoms with E-state index in [4.69, 9.17) is 0 Å². The van der Waals surface area contributed by atoms with Crippen LogP contribution in [0.15, 0.2) is 0 Å². The molecule has 0 spiro atoms. The van der Waals surface area contributed by atoms with Crippen molar-refractivity contribution in [1.82, 2.24) is 0 Å². The Morgan fingerprint density at radius 2 is 0.242 bits per heavy atom. The predicted molar refractivity (Wildman–Crippen MR) is 294 cm³/mol. The molecule has 0 aliphatic rings. The minimum atomic E-state index is 0.503. The number of carbonyl (C=O) groups excluding carboxylic acids is 3. The molecule has 0 aliphatic heterocycles. The van der Waals surface area contributed by atoms with E-state index in [1.165, 1.54) is 295 Å². The SMILES string of the molecule is CCCCCCCCCCCCCCCC(=O)CCCCCCCCCCCCCCCC(=O)CCCCCCCCCCCCCCCC(=O)CCCCCCCCCCCCCCC. The molecular weight excluding hydrogens is 805 g/mol. The van der Waals surface area contributed by atoms with Crippen molar-refractivity contribution in [3.63, 3.8) is 0 Å². The van der Waals surface area contributed by atoms with Crippen molar-refractivity contribution in [3.05, 3.63) is 0 Å². The lowest BCUT2D eigenvalue weighted by Crippen LogP contribution is -1.97. The molecule has 0 saturated heterocycles. The van der Waals surface area contributed by atoms with Crippen LogP contribution in [0, 0.1) is 0 Å². The zero-order chi connectivity index (χ0) is 47.7. The van der Waals surface area contributed by atoms with Crippen molar-refractivity contribution in [2.45, 2.75) is 386 Å². The van der Waals surface area contributed by atoms with Gasteiger partial charge in [-0.1, -0.05) is 309 Å². The second kappa shape index (κ2) is 58.3. The Morgan fingerprint density at radius 3 is 0.348 bits per heavy atom. The number of Topliss-reactive ketones (excluding diaryl/α,β-unsaturated/α-hetero) is 3. The number of hydrogen-bond acceptors (Lipinski definition) is 3. The molecule has 0 aromatic rings. The van der Waals surface area contributed by atoms with Gasteiger partial charge in [-0.2, -0.15) is 0 Å². The van der Waals surface area contributed by atoms with Crippen molar-refractivity contribution in [2.24, 2.45) is 0 Å². The average molecular weight is 928 g/mol. The monoisotopic (exact) mass is 927 g/mol. The summed E-state index contributed by atoms with van der Waals surface area (Å²) in [5.74, 6) is 1.52. The number of ketones is 3. The third-order valence-corrected chi connectivity index (χ3v) is 14.9. The standard InChI is InChI=1S/C63H122O3/c1-3-5-7-9-11-13-15-19-25-31-37-43-49-55-61(64)57-51-45-39-33-27-21-17-23-29-35-41-47-53-59-63(66)60-54-48-42-36-30-24-18-22-28-34-40-46-52-58-62(65)56-50-44-38-32-26-20-16-14-12-10-8-6-4-2/h3-60H2,1-2H3. The number of unbranched alkanes of at least 4 members (excludes halogenated alkanes) is 48. The summed E-state index contributed by atoms with van der Waals surface area (Å²) in [7, 11) is 0. The normalized spacial score (nSPS) is 11.5. The highest BCUT2D eigenvalue weighted by Crippen LogP contribution is 2.19. The molecule has 0 rings (SSSR count). The van der Waals surface area contributed by atoms with Crippen molar-refractivity contribution < 1.29 is 14.4 Å². The maximum Gasteiger partial charge on any atom is 0.132 e. The second-order valence-electron chi connectivity index (χ2n) is 21.8. The van der Waals surface area contributed by atoms with E-state index in [9.17, 15) is 14.4 Å². The lowest BCUT2D eigenvalue weighted by molar-refractivity contribution is -0.120. The predicted octanol–water partition coefficient (Wildman–Crippen LogP) is 22.4. The molecular formula is C63H122O3. The van der Waals surface area contributed by atoms with E-state index >= 15 is 0 Å². The zero-order valence-electron chi connectivity index (χ0n) is 45.7. The lowest BCUT2D eigenvalue weighted by Gasteiger charge is -2.05. The molecule has 0 aromatic heterocycles. The molecule has 66 heavy (non-hydrogen) atoms. The van der Waals surface area contributed by atoms with Gasteiger partial charge in [0.25, 0.3) is 0 Å². The molecule has 0 N–H and O–H groups in total. The molecule has 0 bridgehead atoms. The van der Waals surface area contributed by atoms with Gasteiger partial charge >= 0.3 is 0 Å². The maximum atomic E-state index is 12.3.